The molecule has 33 heavy (non-hydrogen) atoms. The summed E-state index contributed by atoms with van der Waals surface area (Å²) >= 11 is 7.75. The van der Waals surface area contributed by atoms with Crippen LogP contribution in [0, 0.1) is 6.92 Å². The summed E-state index contributed by atoms with van der Waals surface area (Å²) in [5.41, 5.74) is 2.14. The standard InChI is InChI=1S/C24H26ClN5O2S/c1-4-18(5-2)30-22(14-32-20-11-7-6-10-19(20)25)27-28-24(30)33-15-17-13-23(31)29-16(3)9-8-12-21(29)26-17/h6-13,18H,4-5,14-15H2,1-3H3. The van der Waals surface area contributed by atoms with E-state index in [0.29, 0.717) is 27.9 Å². The minimum Gasteiger partial charge on any atom is -0.484 e. The summed E-state index contributed by atoms with van der Waals surface area (Å²) in [5.74, 6) is 1.88. The number of pyridine rings is 1. The number of ether oxygens (including phenoxy) is 1. The summed E-state index contributed by atoms with van der Waals surface area (Å²) in [6.45, 7) is 6.46. The van der Waals surface area contributed by atoms with E-state index < -0.39 is 0 Å². The van der Waals surface area contributed by atoms with Crippen molar-refractivity contribution in [3.05, 3.63) is 81.1 Å². The highest BCUT2D eigenvalue weighted by atomic mass is 35.5. The zero-order chi connectivity index (χ0) is 23.4. The number of hydrogen-bond donors (Lipinski definition) is 0. The van der Waals surface area contributed by atoms with Gasteiger partial charge in [0.2, 0.25) is 0 Å². The summed E-state index contributed by atoms with van der Waals surface area (Å²) in [6, 6.07) is 14.9. The molecular weight excluding hydrogens is 458 g/mol. The summed E-state index contributed by atoms with van der Waals surface area (Å²) in [6.07, 6.45) is 1.88. The average molecular weight is 484 g/mol. The molecule has 0 saturated heterocycles. The molecule has 0 aliphatic rings. The topological polar surface area (TPSA) is 74.3 Å². The number of rotatable bonds is 9. The molecule has 3 heterocycles. The second kappa shape index (κ2) is 10.4. The molecule has 0 bridgehead atoms. The van der Waals surface area contributed by atoms with E-state index in [-0.39, 0.29) is 18.2 Å². The Bertz CT molecular complexity index is 1320. The van der Waals surface area contributed by atoms with Crippen molar-refractivity contribution < 1.29 is 4.74 Å². The van der Waals surface area contributed by atoms with Crippen LogP contribution in [0.15, 0.2) is 58.5 Å². The highest BCUT2D eigenvalue weighted by Crippen LogP contribution is 2.29. The van der Waals surface area contributed by atoms with E-state index in [2.05, 4.69) is 33.6 Å². The lowest BCUT2D eigenvalue weighted by molar-refractivity contribution is 0.278. The summed E-state index contributed by atoms with van der Waals surface area (Å²) in [7, 11) is 0. The van der Waals surface area contributed by atoms with Gasteiger partial charge in [-0.05, 0) is 44.0 Å². The number of aromatic nitrogens is 5. The third-order valence-corrected chi connectivity index (χ3v) is 6.81. The van der Waals surface area contributed by atoms with Gasteiger partial charge < -0.3 is 9.30 Å². The molecule has 172 valence electrons. The fourth-order valence-electron chi connectivity index (χ4n) is 3.81. The van der Waals surface area contributed by atoms with Crippen molar-refractivity contribution in [3.63, 3.8) is 0 Å². The Kier molecular flexibility index (Phi) is 7.35. The molecule has 1 aromatic carbocycles. The van der Waals surface area contributed by atoms with Crippen molar-refractivity contribution in [1.82, 2.24) is 24.1 Å². The smallest absolute Gasteiger partial charge is 0.258 e. The van der Waals surface area contributed by atoms with Crippen molar-refractivity contribution in [2.24, 2.45) is 0 Å². The fraction of sp³-hybridized carbons (Fsp3) is 0.333. The number of nitrogens with zero attached hydrogens (tertiary/aromatic N) is 5. The SMILES string of the molecule is CCC(CC)n1c(COc2ccccc2Cl)nnc1SCc1cc(=O)n2c(C)cccc2n1. The highest BCUT2D eigenvalue weighted by molar-refractivity contribution is 7.98. The number of para-hydroxylation sites is 1. The second-order valence-corrected chi connectivity index (χ2v) is 9.04. The van der Waals surface area contributed by atoms with Crippen molar-refractivity contribution in [2.75, 3.05) is 0 Å². The first-order valence-corrected chi connectivity index (χ1v) is 12.3. The number of benzene rings is 1. The monoisotopic (exact) mass is 483 g/mol. The molecule has 0 N–H and O–H groups in total. The minimum absolute atomic E-state index is 0.0796. The lowest BCUT2D eigenvalue weighted by Crippen LogP contribution is -2.17. The van der Waals surface area contributed by atoms with E-state index >= 15 is 0 Å². The van der Waals surface area contributed by atoms with Crippen LogP contribution in [0.3, 0.4) is 0 Å². The van der Waals surface area contributed by atoms with Crippen LogP contribution in [0.2, 0.25) is 5.02 Å². The van der Waals surface area contributed by atoms with Crippen LogP contribution in [0.1, 0.15) is 49.9 Å². The Morgan fingerprint density at radius 3 is 2.64 bits per heavy atom. The van der Waals surface area contributed by atoms with E-state index in [4.69, 9.17) is 16.3 Å². The lowest BCUT2D eigenvalue weighted by atomic mass is 10.2. The van der Waals surface area contributed by atoms with Gasteiger partial charge in [-0.25, -0.2) is 4.98 Å². The third kappa shape index (κ3) is 5.07. The van der Waals surface area contributed by atoms with Crippen LogP contribution < -0.4 is 10.3 Å². The molecule has 0 atom stereocenters. The molecule has 7 nitrogen and oxygen atoms in total. The third-order valence-electron chi connectivity index (χ3n) is 5.52. The van der Waals surface area contributed by atoms with Crippen molar-refractivity contribution >= 4 is 29.0 Å². The number of halogens is 1. The Balaban J connectivity index is 1.58. The molecule has 3 aromatic heterocycles. The van der Waals surface area contributed by atoms with Crippen LogP contribution in [-0.2, 0) is 12.4 Å². The van der Waals surface area contributed by atoms with Crippen LogP contribution in [0.4, 0.5) is 0 Å². The summed E-state index contributed by atoms with van der Waals surface area (Å²) in [5, 5.41) is 10.2. The van der Waals surface area contributed by atoms with Gasteiger partial charge >= 0.3 is 0 Å². The molecular formula is C24H26ClN5O2S. The van der Waals surface area contributed by atoms with Gasteiger partial charge in [-0.3, -0.25) is 9.20 Å². The van der Waals surface area contributed by atoms with Crippen LogP contribution in [0.25, 0.3) is 5.65 Å². The van der Waals surface area contributed by atoms with Gasteiger partial charge in [-0.15, -0.1) is 10.2 Å². The first kappa shape index (κ1) is 23.3. The Labute approximate surface area is 201 Å². The van der Waals surface area contributed by atoms with Crippen LogP contribution in [0.5, 0.6) is 5.75 Å². The molecule has 0 amide bonds. The van der Waals surface area contributed by atoms with Gasteiger partial charge in [0.1, 0.15) is 18.0 Å². The van der Waals surface area contributed by atoms with Gasteiger partial charge in [0.05, 0.1) is 10.7 Å². The Hall–Kier alpha value is -2.84. The largest absolute Gasteiger partial charge is 0.484 e. The minimum atomic E-state index is -0.0796. The zero-order valence-corrected chi connectivity index (χ0v) is 20.4. The van der Waals surface area contributed by atoms with Gasteiger partial charge in [0.25, 0.3) is 5.56 Å². The number of thioether (sulfide) groups is 1. The van der Waals surface area contributed by atoms with Gasteiger partial charge in [0, 0.05) is 23.6 Å². The molecule has 0 saturated carbocycles. The number of fused-ring (bicyclic) bond motifs is 1. The predicted molar refractivity (Wildman–Crippen MR) is 131 cm³/mol. The normalized spacial score (nSPS) is 11.4. The van der Waals surface area contributed by atoms with Gasteiger partial charge in [-0.1, -0.05) is 55.4 Å². The lowest BCUT2D eigenvalue weighted by Gasteiger charge is -2.19. The molecule has 0 unspecified atom stereocenters. The van der Waals surface area contributed by atoms with Crippen molar-refractivity contribution in [2.45, 2.75) is 57.2 Å². The maximum Gasteiger partial charge on any atom is 0.258 e. The molecule has 0 radical (unpaired) electrons. The quantitative estimate of drug-likeness (QED) is 0.293. The van der Waals surface area contributed by atoms with Crippen LogP contribution in [-0.4, -0.2) is 24.1 Å². The summed E-state index contributed by atoms with van der Waals surface area (Å²) in [4.78, 5) is 17.3. The van der Waals surface area contributed by atoms with E-state index in [0.717, 1.165) is 29.5 Å². The first-order chi connectivity index (χ1) is 16.0. The van der Waals surface area contributed by atoms with E-state index in [9.17, 15) is 4.79 Å². The fourth-order valence-corrected chi connectivity index (χ4v) is 4.91. The van der Waals surface area contributed by atoms with E-state index in [1.54, 1.807) is 16.5 Å². The number of aryl methyl sites for hydroxylation is 1. The maximum absolute atomic E-state index is 12.6. The van der Waals surface area contributed by atoms with Crippen molar-refractivity contribution in [3.8, 4) is 5.75 Å². The zero-order valence-electron chi connectivity index (χ0n) is 18.9. The molecule has 0 aliphatic heterocycles. The molecule has 4 rings (SSSR count). The van der Waals surface area contributed by atoms with Crippen LogP contribution >= 0.6 is 23.4 Å². The number of hydrogen-bond acceptors (Lipinski definition) is 6. The Morgan fingerprint density at radius 2 is 1.88 bits per heavy atom. The molecule has 4 aromatic rings. The highest BCUT2D eigenvalue weighted by Gasteiger charge is 2.20. The van der Waals surface area contributed by atoms with Crippen molar-refractivity contribution in [1.29, 1.82) is 0 Å². The van der Waals surface area contributed by atoms with Gasteiger partial charge in [-0.2, -0.15) is 0 Å². The van der Waals surface area contributed by atoms with E-state index in [1.165, 1.54) is 11.8 Å². The van der Waals surface area contributed by atoms with E-state index in [1.807, 2.05) is 43.3 Å². The Morgan fingerprint density at radius 1 is 1.09 bits per heavy atom. The maximum atomic E-state index is 12.6. The first-order valence-electron chi connectivity index (χ1n) is 10.9. The van der Waals surface area contributed by atoms with Gasteiger partial charge in [0.15, 0.2) is 11.0 Å². The summed E-state index contributed by atoms with van der Waals surface area (Å²) < 4.78 is 9.69. The average Bonchev–Trinajstić information content (AvgIpc) is 3.20. The predicted octanol–water partition coefficient (Wildman–Crippen LogP) is 5.48. The second-order valence-electron chi connectivity index (χ2n) is 7.69. The molecule has 9 heteroatoms. The molecule has 0 spiro atoms. The molecule has 0 fully saturated rings. The molecule has 0 aliphatic carbocycles.